The van der Waals surface area contributed by atoms with Gasteiger partial charge < -0.3 is 10.1 Å². The summed E-state index contributed by atoms with van der Waals surface area (Å²) < 4.78 is 44.0. The third-order valence-electron chi connectivity index (χ3n) is 3.47. The molecule has 1 aromatic carbocycles. The zero-order valence-electron chi connectivity index (χ0n) is 10.8. The fraction of sp³-hybridized carbons (Fsp3) is 0.571. The molecule has 1 heterocycles. The molecule has 106 valence electrons. The van der Waals surface area contributed by atoms with Crippen molar-refractivity contribution in [3.05, 3.63) is 35.4 Å². The standard InChI is InChI=1S/C14H18F3NO/c1-10(18-8-11-6-7-19-9-11)12-4-2-3-5-13(12)14(15,16)17/h2-5,10-11,18H,6-9H2,1H3. The molecule has 0 aromatic heterocycles. The third kappa shape index (κ3) is 3.70. The Hall–Kier alpha value is -1.07. The molecule has 1 aromatic rings. The lowest BCUT2D eigenvalue weighted by atomic mass is 10.00. The van der Waals surface area contributed by atoms with Crippen molar-refractivity contribution < 1.29 is 17.9 Å². The highest BCUT2D eigenvalue weighted by atomic mass is 19.4. The van der Waals surface area contributed by atoms with Crippen LogP contribution in [0.1, 0.15) is 30.5 Å². The van der Waals surface area contributed by atoms with E-state index in [0.29, 0.717) is 24.6 Å². The molecule has 1 fully saturated rings. The molecular weight excluding hydrogens is 255 g/mol. The Morgan fingerprint density at radius 1 is 1.37 bits per heavy atom. The maximum Gasteiger partial charge on any atom is 0.416 e. The smallest absolute Gasteiger partial charge is 0.381 e. The molecule has 2 rings (SSSR count). The molecule has 0 spiro atoms. The van der Waals surface area contributed by atoms with E-state index in [0.717, 1.165) is 19.1 Å². The molecular formula is C14H18F3NO. The summed E-state index contributed by atoms with van der Waals surface area (Å²) in [5.41, 5.74) is -0.258. The first-order valence-electron chi connectivity index (χ1n) is 6.45. The van der Waals surface area contributed by atoms with Crippen LogP contribution in [0, 0.1) is 5.92 Å². The highest BCUT2D eigenvalue weighted by Gasteiger charge is 2.34. The van der Waals surface area contributed by atoms with Crippen LogP contribution >= 0.6 is 0 Å². The van der Waals surface area contributed by atoms with Crippen molar-refractivity contribution in [1.29, 1.82) is 0 Å². The predicted octanol–water partition coefficient (Wildman–Crippen LogP) is 3.39. The van der Waals surface area contributed by atoms with Gasteiger partial charge in [-0.1, -0.05) is 18.2 Å². The largest absolute Gasteiger partial charge is 0.416 e. The Morgan fingerprint density at radius 3 is 2.74 bits per heavy atom. The second-order valence-corrected chi connectivity index (χ2v) is 4.94. The van der Waals surface area contributed by atoms with Gasteiger partial charge in [-0.15, -0.1) is 0 Å². The Morgan fingerprint density at radius 2 is 2.11 bits per heavy atom. The van der Waals surface area contributed by atoms with Gasteiger partial charge in [0.05, 0.1) is 12.2 Å². The molecule has 2 unspecified atom stereocenters. The van der Waals surface area contributed by atoms with Crippen LogP contribution in [0.2, 0.25) is 0 Å². The van der Waals surface area contributed by atoms with Crippen molar-refractivity contribution in [2.24, 2.45) is 5.92 Å². The molecule has 2 nitrogen and oxygen atoms in total. The van der Waals surface area contributed by atoms with Crippen LogP contribution in [0.5, 0.6) is 0 Å². The predicted molar refractivity (Wildman–Crippen MR) is 66.8 cm³/mol. The van der Waals surface area contributed by atoms with Crippen molar-refractivity contribution in [1.82, 2.24) is 5.32 Å². The molecule has 0 amide bonds. The quantitative estimate of drug-likeness (QED) is 0.908. The van der Waals surface area contributed by atoms with Crippen molar-refractivity contribution in [3.63, 3.8) is 0 Å². The monoisotopic (exact) mass is 273 g/mol. The zero-order chi connectivity index (χ0) is 13.9. The molecule has 0 saturated carbocycles. The Kier molecular flexibility index (Phi) is 4.47. The number of hydrogen-bond donors (Lipinski definition) is 1. The van der Waals surface area contributed by atoms with Gasteiger partial charge in [0.25, 0.3) is 0 Å². The normalized spacial score (nSPS) is 21.6. The van der Waals surface area contributed by atoms with Gasteiger partial charge in [-0.05, 0) is 30.9 Å². The number of rotatable bonds is 4. The van der Waals surface area contributed by atoms with Crippen molar-refractivity contribution in [2.75, 3.05) is 19.8 Å². The first kappa shape index (κ1) is 14.3. The average molecular weight is 273 g/mol. The van der Waals surface area contributed by atoms with Crippen LogP contribution in [0.15, 0.2) is 24.3 Å². The molecule has 1 saturated heterocycles. The van der Waals surface area contributed by atoms with E-state index in [1.54, 1.807) is 13.0 Å². The number of benzene rings is 1. The van der Waals surface area contributed by atoms with E-state index in [-0.39, 0.29) is 6.04 Å². The van der Waals surface area contributed by atoms with Crippen molar-refractivity contribution >= 4 is 0 Å². The number of hydrogen-bond acceptors (Lipinski definition) is 2. The Bertz CT molecular complexity index is 413. The summed E-state index contributed by atoms with van der Waals surface area (Å²) in [6, 6.07) is 5.40. The average Bonchev–Trinajstić information content (AvgIpc) is 2.88. The number of alkyl halides is 3. The van der Waals surface area contributed by atoms with Crippen LogP contribution < -0.4 is 5.32 Å². The van der Waals surface area contributed by atoms with Crippen LogP contribution in [0.4, 0.5) is 13.2 Å². The summed E-state index contributed by atoms with van der Waals surface area (Å²) in [7, 11) is 0. The minimum absolute atomic E-state index is 0.300. The molecule has 19 heavy (non-hydrogen) atoms. The van der Waals surface area contributed by atoms with E-state index >= 15 is 0 Å². The van der Waals surface area contributed by atoms with E-state index in [1.807, 2.05) is 0 Å². The lowest BCUT2D eigenvalue weighted by Gasteiger charge is -2.20. The third-order valence-corrected chi connectivity index (χ3v) is 3.47. The van der Waals surface area contributed by atoms with E-state index in [2.05, 4.69) is 5.32 Å². The van der Waals surface area contributed by atoms with Crippen LogP contribution in [-0.4, -0.2) is 19.8 Å². The van der Waals surface area contributed by atoms with Crippen molar-refractivity contribution in [2.45, 2.75) is 25.6 Å². The highest BCUT2D eigenvalue weighted by Crippen LogP contribution is 2.34. The summed E-state index contributed by atoms with van der Waals surface area (Å²) in [6.07, 6.45) is -3.33. The molecule has 0 bridgehead atoms. The molecule has 1 aliphatic heterocycles. The van der Waals surface area contributed by atoms with Gasteiger partial charge >= 0.3 is 6.18 Å². The Balaban J connectivity index is 2.03. The summed E-state index contributed by atoms with van der Waals surface area (Å²) in [4.78, 5) is 0. The maximum absolute atomic E-state index is 12.9. The second-order valence-electron chi connectivity index (χ2n) is 4.94. The first-order chi connectivity index (χ1) is 8.98. The van der Waals surface area contributed by atoms with Gasteiger partial charge in [-0.3, -0.25) is 0 Å². The molecule has 1 N–H and O–H groups in total. The van der Waals surface area contributed by atoms with Gasteiger partial charge in [-0.25, -0.2) is 0 Å². The number of ether oxygens (including phenoxy) is 1. The topological polar surface area (TPSA) is 21.3 Å². The van der Waals surface area contributed by atoms with Gasteiger partial charge in [0.2, 0.25) is 0 Å². The van der Waals surface area contributed by atoms with E-state index < -0.39 is 11.7 Å². The van der Waals surface area contributed by atoms with Crippen LogP contribution in [-0.2, 0) is 10.9 Å². The summed E-state index contributed by atoms with van der Waals surface area (Å²) >= 11 is 0. The minimum atomic E-state index is -4.30. The molecule has 0 radical (unpaired) electrons. The molecule has 2 atom stereocenters. The van der Waals surface area contributed by atoms with E-state index in [9.17, 15) is 13.2 Å². The first-order valence-corrected chi connectivity index (χ1v) is 6.45. The zero-order valence-corrected chi connectivity index (χ0v) is 10.8. The lowest BCUT2D eigenvalue weighted by molar-refractivity contribution is -0.138. The highest BCUT2D eigenvalue weighted by molar-refractivity contribution is 5.32. The van der Waals surface area contributed by atoms with Gasteiger partial charge in [0, 0.05) is 19.2 Å². The molecule has 5 heteroatoms. The van der Waals surface area contributed by atoms with Gasteiger partial charge in [-0.2, -0.15) is 13.2 Å². The second kappa shape index (κ2) is 5.92. The van der Waals surface area contributed by atoms with E-state index in [1.165, 1.54) is 12.1 Å². The molecule has 1 aliphatic rings. The van der Waals surface area contributed by atoms with Crippen LogP contribution in [0.25, 0.3) is 0 Å². The van der Waals surface area contributed by atoms with E-state index in [4.69, 9.17) is 4.74 Å². The lowest BCUT2D eigenvalue weighted by Crippen LogP contribution is -2.27. The minimum Gasteiger partial charge on any atom is -0.381 e. The van der Waals surface area contributed by atoms with Gasteiger partial charge in [0.1, 0.15) is 0 Å². The SMILES string of the molecule is CC(NCC1CCOC1)c1ccccc1C(F)(F)F. The molecule has 0 aliphatic carbocycles. The van der Waals surface area contributed by atoms with Gasteiger partial charge in [0.15, 0.2) is 0 Å². The van der Waals surface area contributed by atoms with Crippen LogP contribution in [0.3, 0.4) is 0 Å². The summed E-state index contributed by atoms with van der Waals surface area (Å²) in [6.45, 7) is 3.90. The summed E-state index contributed by atoms with van der Waals surface area (Å²) in [5.74, 6) is 0.403. The van der Waals surface area contributed by atoms with Crippen molar-refractivity contribution in [3.8, 4) is 0 Å². The number of nitrogens with one attached hydrogen (secondary N) is 1. The fourth-order valence-electron chi connectivity index (χ4n) is 2.33. The Labute approximate surface area is 111 Å². The maximum atomic E-state index is 12.9. The summed E-state index contributed by atoms with van der Waals surface area (Å²) in [5, 5.41) is 3.17. The number of halogens is 3. The fourth-order valence-corrected chi connectivity index (χ4v) is 2.33.